The highest BCUT2D eigenvalue weighted by atomic mass is 32.1. The Morgan fingerprint density at radius 2 is 2.21 bits per heavy atom. The van der Waals surface area contributed by atoms with Gasteiger partial charge in [0.25, 0.3) is 0 Å². The predicted octanol–water partition coefficient (Wildman–Crippen LogP) is 2.85. The van der Waals surface area contributed by atoms with E-state index in [4.69, 9.17) is 0 Å². The Kier molecular flexibility index (Phi) is 4.87. The van der Waals surface area contributed by atoms with E-state index in [1.807, 2.05) is 37.6 Å². The molecule has 102 valence electrons. The van der Waals surface area contributed by atoms with E-state index in [0.717, 1.165) is 23.9 Å². The summed E-state index contributed by atoms with van der Waals surface area (Å²) in [5.74, 6) is 0. The van der Waals surface area contributed by atoms with E-state index in [-0.39, 0.29) is 0 Å². The van der Waals surface area contributed by atoms with Gasteiger partial charge in [0.15, 0.2) is 5.13 Å². The topological polar surface area (TPSA) is 41.1 Å². The summed E-state index contributed by atoms with van der Waals surface area (Å²) in [5.41, 5.74) is 1.07. The molecule has 2 aromatic heterocycles. The van der Waals surface area contributed by atoms with E-state index in [9.17, 15) is 0 Å². The minimum atomic E-state index is 0.347. The normalized spacial score (nSPS) is 12.4. The SMILES string of the molecule is CCN(Cc1ccccn1)c1ncc(C(C)NC)s1. The Morgan fingerprint density at radius 1 is 1.37 bits per heavy atom. The van der Waals surface area contributed by atoms with Gasteiger partial charge in [0, 0.05) is 29.9 Å². The molecule has 4 nitrogen and oxygen atoms in total. The monoisotopic (exact) mass is 276 g/mol. The number of nitrogens with zero attached hydrogens (tertiary/aromatic N) is 3. The molecule has 0 saturated carbocycles. The standard InChI is InChI=1S/C14H20N4S/c1-4-18(10-12-7-5-6-8-16-12)14-17-9-13(19-14)11(2)15-3/h5-9,11,15H,4,10H2,1-3H3. The van der Waals surface area contributed by atoms with Crippen molar-refractivity contribution < 1.29 is 0 Å². The maximum atomic E-state index is 4.53. The maximum Gasteiger partial charge on any atom is 0.185 e. The first-order chi connectivity index (χ1) is 9.24. The van der Waals surface area contributed by atoms with Gasteiger partial charge in [0.05, 0.1) is 12.2 Å². The molecule has 1 N–H and O–H groups in total. The number of thiazole rings is 1. The van der Waals surface area contributed by atoms with Crippen LogP contribution in [-0.4, -0.2) is 23.6 Å². The first-order valence-corrected chi connectivity index (χ1v) is 7.34. The van der Waals surface area contributed by atoms with Gasteiger partial charge in [0.2, 0.25) is 0 Å². The van der Waals surface area contributed by atoms with Gasteiger partial charge >= 0.3 is 0 Å². The Bertz CT molecular complexity index is 497. The molecule has 2 rings (SSSR count). The third kappa shape index (κ3) is 3.52. The molecule has 0 bridgehead atoms. The van der Waals surface area contributed by atoms with Crippen LogP contribution in [0.4, 0.5) is 5.13 Å². The zero-order chi connectivity index (χ0) is 13.7. The molecule has 0 fully saturated rings. The van der Waals surface area contributed by atoms with Crippen molar-refractivity contribution in [1.82, 2.24) is 15.3 Å². The molecule has 1 unspecified atom stereocenters. The van der Waals surface area contributed by atoms with E-state index in [1.165, 1.54) is 4.88 Å². The molecular weight excluding hydrogens is 256 g/mol. The predicted molar refractivity (Wildman–Crippen MR) is 80.5 cm³/mol. The lowest BCUT2D eigenvalue weighted by atomic mass is 10.3. The summed E-state index contributed by atoms with van der Waals surface area (Å²) >= 11 is 1.74. The van der Waals surface area contributed by atoms with Gasteiger partial charge in [-0.15, -0.1) is 11.3 Å². The number of nitrogens with one attached hydrogen (secondary N) is 1. The van der Waals surface area contributed by atoms with E-state index >= 15 is 0 Å². The van der Waals surface area contributed by atoms with Crippen molar-refractivity contribution in [2.24, 2.45) is 0 Å². The van der Waals surface area contributed by atoms with Crippen molar-refractivity contribution in [2.75, 3.05) is 18.5 Å². The number of pyridine rings is 1. The fourth-order valence-corrected chi connectivity index (χ4v) is 2.81. The molecule has 0 saturated heterocycles. The molecule has 0 spiro atoms. The van der Waals surface area contributed by atoms with Gasteiger partial charge in [-0.3, -0.25) is 4.98 Å². The van der Waals surface area contributed by atoms with Gasteiger partial charge in [-0.2, -0.15) is 0 Å². The van der Waals surface area contributed by atoms with E-state index in [2.05, 4.69) is 34.0 Å². The molecule has 0 radical (unpaired) electrons. The Balaban J connectivity index is 2.11. The van der Waals surface area contributed by atoms with Gasteiger partial charge in [-0.1, -0.05) is 6.07 Å². The van der Waals surface area contributed by atoms with Crippen LogP contribution in [0.25, 0.3) is 0 Å². The third-order valence-electron chi connectivity index (χ3n) is 3.10. The second kappa shape index (κ2) is 6.63. The Morgan fingerprint density at radius 3 is 2.84 bits per heavy atom. The number of hydrogen-bond acceptors (Lipinski definition) is 5. The molecule has 0 aliphatic heterocycles. The van der Waals surface area contributed by atoms with E-state index in [0.29, 0.717) is 6.04 Å². The van der Waals surface area contributed by atoms with Crippen LogP contribution >= 0.6 is 11.3 Å². The van der Waals surface area contributed by atoms with Gasteiger partial charge in [-0.25, -0.2) is 4.98 Å². The highest BCUT2D eigenvalue weighted by Crippen LogP contribution is 2.27. The summed E-state index contributed by atoms with van der Waals surface area (Å²) in [6, 6.07) is 6.36. The third-order valence-corrected chi connectivity index (χ3v) is 4.34. The molecule has 0 amide bonds. The van der Waals surface area contributed by atoms with Crippen LogP contribution in [0.3, 0.4) is 0 Å². The van der Waals surface area contributed by atoms with Crippen LogP contribution in [0, 0.1) is 0 Å². The lowest BCUT2D eigenvalue weighted by Gasteiger charge is -2.19. The van der Waals surface area contributed by atoms with Crippen LogP contribution in [0.2, 0.25) is 0 Å². The smallest absolute Gasteiger partial charge is 0.185 e. The maximum absolute atomic E-state index is 4.53. The first-order valence-electron chi connectivity index (χ1n) is 6.52. The number of rotatable bonds is 6. The Hall–Kier alpha value is -1.46. The Labute approximate surface area is 118 Å². The summed E-state index contributed by atoms with van der Waals surface area (Å²) < 4.78 is 0. The minimum absolute atomic E-state index is 0.347. The fraction of sp³-hybridized carbons (Fsp3) is 0.429. The highest BCUT2D eigenvalue weighted by molar-refractivity contribution is 7.15. The number of anilines is 1. The average molecular weight is 276 g/mol. The average Bonchev–Trinajstić information content (AvgIpc) is 2.94. The van der Waals surface area contributed by atoms with Crippen molar-refractivity contribution in [1.29, 1.82) is 0 Å². The van der Waals surface area contributed by atoms with Crippen molar-refractivity contribution >= 4 is 16.5 Å². The molecule has 0 aliphatic carbocycles. The van der Waals surface area contributed by atoms with Crippen molar-refractivity contribution in [3.05, 3.63) is 41.2 Å². The lowest BCUT2D eigenvalue weighted by Crippen LogP contribution is -2.22. The second-order valence-electron chi connectivity index (χ2n) is 4.39. The minimum Gasteiger partial charge on any atom is -0.342 e. The number of aromatic nitrogens is 2. The summed E-state index contributed by atoms with van der Waals surface area (Å²) in [6.45, 7) is 6.02. The largest absolute Gasteiger partial charge is 0.342 e. The summed E-state index contributed by atoms with van der Waals surface area (Å²) in [5, 5.41) is 4.30. The molecule has 1 atom stereocenters. The summed E-state index contributed by atoms with van der Waals surface area (Å²) in [7, 11) is 1.97. The first kappa shape index (κ1) is 14.0. The molecule has 2 heterocycles. The van der Waals surface area contributed by atoms with Crippen LogP contribution in [0.5, 0.6) is 0 Å². The van der Waals surface area contributed by atoms with Gasteiger partial charge in [-0.05, 0) is 33.0 Å². The molecule has 19 heavy (non-hydrogen) atoms. The molecule has 0 aliphatic rings. The highest BCUT2D eigenvalue weighted by Gasteiger charge is 2.13. The fourth-order valence-electron chi connectivity index (χ4n) is 1.77. The van der Waals surface area contributed by atoms with Crippen LogP contribution in [-0.2, 0) is 6.54 Å². The molecular formula is C14H20N4S. The van der Waals surface area contributed by atoms with Gasteiger partial charge < -0.3 is 10.2 Å². The van der Waals surface area contributed by atoms with Crippen molar-refractivity contribution in [2.45, 2.75) is 26.4 Å². The van der Waals surface area contributed by atoms with E-state index < -0.39 is 0 Å². The second-order valence-corrected chi connectivity index (χ2v) is 5.43. The van der Waals surface area contributed by atoms with Crippen molar-refractivity contribution in [3.63, 3.8) is 0 Å². The van der Waals surface area contributed by atoms with Crippen LogP contribution in [0.15, 0.2) is 30.6 Å². The number of hydrogen-bond donors (Lipinski definition) is 1. The van der Waals surface area contributed by atoms with Gasteiger partial charge in [0.1, 0.15) is 0 Å². The summed E-state index contributed by atoms with van der Waals surface area (Å²) in [4.78, 5) is 12.4. The molecule has 5 heteroatoms. The zero-order valence-corrected chi connectivity index (χ0v) is 12.4. The zero-order valence-electron chi connectivity index (χ0n) is 11.6. The van der Waals surface area contributed by atoms with Crippen molar-refractivity contribution in [3.8, 4) is 0 Å². The molecule has 0 aromatic carbocycles. The van der Waals surface area contributed by atoms with Crippen LogP contribution < -0.4 is 10.2 Å². The van der Waals surface area contributed by atoms with Crippen LogP contribution in [0.1, 0.15) is 30.5 Å². The molecule has 2 aromatic rings. The quantitative estimate of drug-likeness (QED) is 0.881. The lowest BCUT2D eigenvalue weighted by molar-refractivity contribution is 0.662. The van der Waals surface area contributed by atoms with E-state index in [1.54, 1.807) is 11.3 Å². The summed E-state index contributed by atoms with van der Waals surface area (Å²) in [6.07, 6.45) is 3.79.